The summed E-state index contributed by atoms with van der Waals surface area (Å²) in [5.41, 5.74) is 0.431. The molecule has 1 rings (SSSR count). The monoisotopic (exact) mass is 286 g/mol. The molecule has 0 unspecified atom stereocenters. The van der Waals surface area contributed by atoms with Crippen molar-refractivity contribution in [3.05, 3.63) is 23.9 Å². The predicted molar refractivity (Wildman–Crippen MR) is 73.6 cm³/mol. The minimum Gasteiger partial charge on any atom is -0.370 e. The van der Waals surface area contributed by atoms with Gasteiger partial charge in [-0.05, 0) is 19.1 Å². The lowest BCUT2D eigenvalue weighted by atomic mass is 10.2. The molecule has 0 fully saturated rings. The van der Waals surface area contributed by atoms with Crippen molar-refractivity contribution in [2.24, 2.45) is 0 Å². The van der Waals surface area contributed by atoms with Crippen LogP contribution in [0.1, 0.15) is 17.3 Å². The summed E-state index contributed by atoms with van der Waals surface area (Å²) in [6.07, 6.45) is 2.54. The molecule has 0 radical (unpaired) electrons. The normalized spacial score (nSPS) is 11.1. The van der Waals surface area contributed by atoms with Crippen LogP contribution in [0, 0.1) is 0 Å². The zero-order valence-electron chi connectivity index (χ0n) is 10.9. The summed E-state index contributed by atoms with van der Waals surface area (Å²) in [6.45, 7) is 3.10. The van der Waals surface area contributed by atoms with Gasteiger partial charge in [-0.2, -0.15) is 0 Å². The van der Waals surface area contributed by atoms with Gasteiger partial charge in [0.2, 0.25) is 10.0 Å². The van der Waals surface area contributed by atoms with E-state index in [2.05, 4.69) is 20.3 Å². The summed E-state index contributed by atoms with van der Waals surface area (Å²) in [5.74, 6) is 0.420. The quantitative estimate of drug-likeness (QED) is 0.602. The van der Waals surface area contributed by atoms with Crippen molar-refractivity contribution < 1.29 is 13.2 Å². The highest BCUT2D eigenvalue weighted by Crippen LogP contribution is 2.04. The summed E-state index contributed by atoms with van der Waals surface area (Å²) in [6, 6.07) is 3.37. The largest absolute Gasteiger partial charge is 0.370 e. The molecule has 1 aromatic rings. The highest BCUT2D eigenvalue weighted by molar-refractivity contribution is 7.88. The molecule has 7 nitrogen and oxygen atoms in total. The van der Waals surface area contributed by atoms with E-state index in [1.807, 2.05) is 6.92 Å². The van der Waals surface area contributed by atoms with Gasteiger partial charge in [0.1, 0.15) is 5.82 Å². The average molecular weight is 286 g/mol. The van der Waals surface area contributed by atoms with Crippen LogP contribution in [-0.2, 0) is 10.0 Å². The molecule has 0 spiro atoms. The number of aromatic nitrogens is 1. The predicted octanol–water partition coefficient (Wildman–Crippen LogP) is -0.208. The second-order valence-electron chi connectivity index (χ2n) is 3.88. The molecule has 106 valence electrons. The first-order valence-electron chi connectivity index (χ1n) is 5.85. The van der Waals surface area contributed by atoms with E-state index < -0.39 is 10.0 Å². The molecule has 19 heavy (non-hydrogen) atoms. The number of hydrogen-bond donors (Lipinski definition) is 3. The van der Waals surface area contributed by atoms with Gasteiger partial charge in [-0.1, -0.05) is 0 Å². The van der Waals surface area contributed by atoms with Gasteiger partial charge >= 0.3 is 0 Å². The number of nitrogens with one attached hydrogen (secondary N) is 3. The van der Waals surface area contributed by atoms with Gasteiger partial charge in [0.25, 0.3) is 5.91 Å². The van der Waals surface area contributed by atoms with E-state index in [-0.39, 0.29) is 19.0 Å². The Hall–Kier alpha value is -1.67. The van der Waals surface area contributed by atoms with Gasteiger partial charge in [-0.15, -0.1) is 0 Å². The number of amides is 1. The van der Waals surface area contributed by atoms with Crippen molar-refractivity contribution in [1.82, 2.24) is 15.0 Å². The lowest BCUT2D eigenvalue weighted by Gasteiger charge is -2.06. The minimum absolute atomic E-state index is 0.160. The summed E-state index contributed by atoms with van der Waals surface area (Å²) >= 11 is 0. The number of hydrogen-bond acceptors (Lipinski definition) is 5. The fourth-order valence-electron chi connectivity index (χ4n) is 1.33. The second-order valence-corrected chi connectivity index (χ2v) is 5.72. The van der Waals surface area contributed by atoms with Crippen molar-refractivity contribution in [3.63, 3.8) is 0 Å². The van der Waals surface area contributed by atoms with Crippen molar-refractivity contribution in [2.45, 2.75) is 6.92 Å². The Kier molecular flexibility index (Phi) is 5.71. The SMILES string of the molecule is CCNc1ccc(C(=O)NCCNS(C)(=O)=O)cn1. The molecule has 1 heterocycles. The topological polar surface area (TPSA) is 100 Å². The smallest absolute Gasteiger partial charge is 0.252 e. The Bertz CT molecular complexity index is 513. The lowest BCUT2D eigenvalue weighted by molar-refractivity contribution is 0.0954. The Morgan fingerprint density at radius 2 is 2.05 bits per heavy atom. The van der Waals surface area contributed by atoms with Gasteiger partial charge in [-0.25, -0.2) is 18.1 Å². The van der Waals surface area contributed by atoms with E-state index in [4.69, 9.17) is 0 Å². The third kappa shape index (κ3) is 6.16. The summed E-state index contributed by atoms with van der Waals surface area (Å²) < 4.78 is 23.9. The van der Waals surface area contributed by atoms with E-state index in [1.165, 1.54) is 6.20 Å². The van der Waals surface area contributed by atoms with E-state index in [0.717, 1.165) is 12.8 Å². The van der Waals surface area contributed by atoms with E-state index in [1.54, 1.807) is 12.1 Å². The molecular weight excluding hydrogens is 268 g/mol. The van der Waals surface area contributed by atoms with Crippen LogP contribution in [0.3, 0.4) is 0 Å². The Balaban J connectivity index is 2.41. The molecule has 0 saturated heterocycles. The number of rotatable bonds is 7. The molecule has 1 amide bonds. The maximum atomic E-state index is 11.7. The molecule has 8 heteroatoms. The van der Waals surface area contributed by atoms with Gasteiger partial charge in [-0.3, -0.25) is 4.79 Å². The maximum Gasteiger partial charge on any atom is 0.252 e. The van der Waals surface area contributed by atoms with Crippen molar-refractivity contribution in [1.29, 1.82) is 0 Å². The van der Waals surface area contributed by atoms with Gasteiger partial charge in [0.15, 0.2) is 0 Å². The molecule has 0 aliphatic rings. The standard InChI is InChI=1S/C11H18N4O3S/c1-3-12-10-5-4-9(8-14-10)11(16)13-6-7-15-19(2,17)18/h4-5,8,15H,3,6-7H2,1-2H3,(H,12,14)(H,13,16). The number of sulfonamides is 1. The molecule has 0 bridgehead atoms. The highest BCUT2D eigenvalue weighted by Gasteiger charge is 2.06. The van der Waals surface area contributed by atoms with Crippen LogP contribution in [0.5, 0.6) is 0 Å². The zero-order valence-corrected chi connectivity index (χ0v) is 11.8. The molecule has 0 aliphatic heterocycles. The maximum absolute atomic E-state index is 11.7. The second kappa shape index (κ2) is 7.05. The fraction of sp³-hybridized carbons (Fsp3) is 0.455. The molecule has 0 aromatic carbocycles. The van der Waals surface area contributed by atoms with Crippen molar-refractivity contribution in [2.75, 3.05) is 31.2 Å². The minimum atomic E-state index is -3.22. The number of carbonyl (C=O) groups excluding carboxylic acids is 1. The van der Waals surface area contributed by atoms with Gasteiger partial charge in [0.05, 0.1) is 11.8 Å². The van der Waals surface area contributed by atoms with Crippen LogP contribution in [-0.4, -0.2) is 45.2 Å². The Morgan fingerprint density at radius 3 is 2.58 bits per heavy atom. The van der Waals surface area contributed by atoms with Crippen LogP contribution in [0.15, 0.2) is 18.3 Å². The Labute approximate surface area is 112 Å². The third-order valence-corrected chi connectivity index (χ3v) is 2.89. The first-order chi connectivity index (χ1) is 8.92. The molecule has 3 N–H and O–H groups in total. The number of nitrogens with zero attached hydrogens (tertiary/aromatic N) is 1. The molecule has 1 aromatic heterocycles. The molecule has 0 aliphatic carbocycles. The summed E-state index contributed by atoms with van der Waals surface area (Å²) in [7, 11) is -3.22. The van der Waals surface area contributed by atoms with Crippen molar-refractivity contribution in [3.8, 4) is 0 Å². The van der Waals surface area contributed by atoms with E-state index >= 15 is 0 Å². The van der Waals surface area contributed by atoms with Gasteiger partial charge in [0, 0.05) is 25.8 Å². The van der Waals surface area contributed by atoms with Crippen LogP contribution in [0.2, 0.25) is 0 Å². The Morgan fingerprint density at radius 1 is 1.32 bits per heavy atom. The zero-order chi connectivity index (χ0) is 14.3. The van der Waals surface area contributed by atoms with Crippen LogP contribution in [0.4, 0.5) is 5.82 Å². The highest BCUT2D eigenvalue weighted by atomic mass is 32.2. The van der Waals surface area contributed by atoms with E-state index in [0.29, 0.717) is 11.4 Å². The lowest BCUT2D eigenvalue weighted by Crippen LogP contribution is -2.34. The van der Waals surface area contributed by atoms with Crippen LogP contribution >= 0.6 is 0 Å². The molecule has 0 saturated carbocycles. The summed E-state index contributed by atoms with van der Waals surface area (Å²) in [4.78, 5) is 15.8. The first kappa shape index (κ1) is 15.4. The summed E-state index contributed by atoms with van der Waals surface area (Å²) in [5, 5.41) is 5.62. The number of anilines is 1. The molecule has 0 atom stereocenters. The molecular formula is C11H18N4O3S. The first-order valence-corrected chi connectivity index (χ1v) is 7.74. The number of pyridine rings is 1. The average Bonchev–Trinajstić information content (AvgIpc) is 2.34. The fourth-order valence-corrected chi connectivity index (χ4v) is 1.80. The van der Waals surface area contributed by atoms with Crippen LogP contribution in [0.25, 0.3) is 0 Å². The van der Waals surface area contributed by atoms with E-state index in [9.17, 15) is 13.2 Å². The van der Waals surface area contributed by atoms with Crippen LogP contribution < -0.4 is 15.4 Å². The third-order valence-electron chi connectivity index (χ3n) is 2.16. The van der Waals surface area contributed by atoms with Gasteiger partial charge < -0.3 is 10.6 Å². The van der Waals surface area contributed by atoms with Crippen molar-refractivity contribution >= 4 is 21.7 Å². The number of carbonyl (C=O) groups is 1.